The Bertz CT molecular complexity index is 1030. The minimum atomic E-state index is -0.908. The molecule has 11 heteroatoms. The number of aromatic nitrogens is 4. The number of carbonyl (C=O) groups excluding carboxylic acids is 1. The number of nitrogen functional groups attached to an aromatic ring is 1. The number of carbonyl (C=O) groups is 2. The lowest BCUT2D eigenvalue weighted by Gasteiger charge is -2.04. The number of H-pyrrole nitrogens is 1. The maximum Gasteiger partial charge on any atom is 0.303 e. The van der Waals surface area contributed by atoms with Crippen molar-refractivity contribution in [3.8, 4) is 0 Å². The van der Waals surface area contributed by atoms with Crippen molar-refractivity contribution >= 4 is 29.0 Å². The van der Waals surface area contributed by atoms with E-state index in [1.165, 1.54) is 12.3 Å². The summed E-state index contributed by atoms with van der Waals surface area (Å²) >= 11 is 0. The standard InChI is InChI=1S/C18H21N7O4/c1-2-11(16(28)21-8-4-6-13(26)27)5-3-7-20-9-12-10-22-15-14(23-12)17(29)25-18(19)24-15/h2-3,5,7,10,20H,1,4,6,8-9H2,(H,21,28)(H,26,27)(H3,19,22,24,25,29)/b7-3+,11-5+. The van der Waals surface area contributed by atoms with Gasteiger partial charge in [0.15, 0.2) is 11.2 Å². The van der Waals surface area contributed by atoms with Gasteiger partial charge in [-0.2, -0.15) is 4.98 Å². The molecule has 152 valence electrons. The van der Waals surface area contributed by atoms with Crippen LogP contribution in [0.4, 0.5) is 5.95 Å². The molecule has 2 aromatic heterocycles. The molecule has 0 saturated carbocycles. The number of amides is 1. The van der Waals surface area contributed by atoms with E-state index in [2.05, 4.69) is 37.1 Å². The van der Waals surface area contributed by atoms with Crippen LogP contribution in [0, 0.1) is 0 Å². The zero-order valence-electron chi connectivity index (χ0n) is 15.5. The highest BCUT2D eigenvalue weighted by Crippen LogP contribution is 2.03. The summed E-state index contributed by atoms with van der Waals surface area (Å²) in [4.78, 5) is 48.7. The number of allylic oxidation sites excluding steroid dienone is 2. The number of rotatable bonds is 10. The van der Waals surface area contributed by atoms with Gasteiger partial charge in [-0.3, -0.25) is 19.4 Å². The van der Waals surface area contributed by atoms with Crippen molar-refractivity contribution in [2.45, 2.75) is 19.4 Å². The number of hydrogen-bond donors (Lipinski definition) is 5. The van der Waals surface area contributed by atoms with Gasteiger partial charge in [0.2, 0.25) is 5.95 Å². The number of nitrogens with one attached hydrogen (secondary N) is 3. The number of aromatic amines is 1. The van der Waals surface area contributed by atoms with Crippen molar-refractivity contribution < 1.29 is 14.7 Å². The summed E-state index contributed by atoms with van der Waals surface area (Å²) < 4.78 is 0. The van der Waals surface area contributed by atoms with E-state index in [4.69, 9.17) is 10.8 Å². The lowest BCUT2D eigenvalue weighted by Crippen LogP contribution is -2.25. The number of hydrogen-bond acceptors (Lipinski definition) is 8. The van der Waals surface area contributed by atoms with E-state index >= 15 is 0 Å². The normalized spacial score (nSPS) is 11.5. The van der Waals surface area contributed by atoms with Gasteiger partial charge in [-0.25, -0.2) is 9.97 Å². The number of carboxylic acids is 1. The van der Waals surface area contributed by atoms with Crippen LogP contribution >= 0.6 is 0 Å². The van der Waals surface area contributed by atoms with Crippen LogP contribution in [-0.4, -0.2) is 43.5 Å². The molecule has 2 rings (SSSR count). The molecule has 0 bridgehead atoms. The van der Waals surface area contributed by atoms with Gasteiger partial charge in [-0.1, -0.05) is 12.7 Å². The van der Waals surface area contributed by atoms with Gasteiger partial charge >= 0.3 is 5.97 Å². The van der Waals surface area contributed by atoms with Crippen molar-refractivity contribution in [2.24, 2.45) is 0 Å². The van der Waals surface area contributed by atoms with E-state index in [1.54, 1.807) is 18.4 Å². The highest BCUT2D eigenvalue weighted by molar-refractivity contribution is 5.96. The van der Waals surface area contributed by atoms with Gasteiger partial charge in [0.05, 0.1) is 18.4 Å². The molecule has 0 aliphatic rings. The van der Waals surface area contributed by atoms with E-state index in [-0.39, 0.29) is 36.0 Å². The van der Waals surface area contributed by atoms with E-state index in [1.807, 2.05) is 0 Å². The number of nitrogens with two attached hydrogens (primary N) is 1. The van der Waals surface area contributed by atoms with Crippen LogP contribution in [0.15, 0.2) is 47.6 Å². The second-order valence-electron chi connectivity index (χ2n) is 5.80. The molecule has 0 atom stereocenters. The van der Waals surface area contributed by atoms with Crippen molar-refractivity contribution in [2.75, 3.05) is 12.3 Å². The van der Waals surface area contributed by atoms with Crippen LogP contribution < -0.4 is 21.9 Å². The van der Waals surface area contributed by atoms with Crippen LogP contribution in [0.25, 0.3) is 11.2 Å². The number of nitrogens with zero attached hydrogens (tertiary/aromatic N) is 3. The molecule has 0 spiro atoms. The topological polar surface area (TPSA) is 176 Å². The first-order valence-corrected chi connectivity index (χ1v) is 8.64. The van der Waals surface area contributed by atoms with E-state index in [0.29, 0.717) is 24.2 Å². The van der Waals surface area contributed by atoms with Gasteiger partial charge in [0.1, 0.15) is 0 Å². The van der Waals surface area contributed by atoms with E-state index in [0.717, 1.165) is 0 Å². The summed E-state index contributed by atoms with van der Waals surface area (Å²) in [6.07, 6.45) is 7.97. The van der Waals surface area contributed by atoms with Crippen LogP contribution in [0.2, 0.25) is 0 Å². The van der Waals surface area contributed by atoms with Crippen molar-refractivity contribution in [1.82, 2.24) is 30.6 Å². The highest BCUT2D eigenvalue weighted by Gasteiger charge is 2.06. The maximum absolute atomic E-state index is 12.0. The van der Waals surface area contributed by atoms with Crippen molar-refractivity contribution in [3.05, 3.63) is 58.8 Å². The number of anilines is 1. The van der Waals surface area contributed by atoms with Gasteiger partial charge in [-0.15, -0.1) is 0 Å². The fourth-order valence-electron chi connectivity index (χ4n) is 2.22. The molecule has 0 aliphatic heterocycles. The number of aliphatic carboxylic acids is 1. The second kappa shape index (κ2) is 10.3. The Morgan fingerprint density at radius 2 is 2.14 bits per heavy atom. The van der Waals surface area contributed by atoms with Crippen LogP contribution in [0.3, 0.4) is 0 Å². The molecule has 11 nitrogen and oxygen atoms in total. The molecule has 2 aromatic rings. The summed E-state index contributed by atoms with van der Waals surface area (Å²) in [5, 5.41) is 14.2. The lowest BCUT2D eigenvalue weighted by molar-refractivity contribution is -0.137. The summed E-state index contributed by atoms with van der Waals surface area (Å²) in [7, 11) is 0. The minimum absolute atomic E-state index is 0.00970. The smallest absolute Gasteiger partial charge is 0.303 e. The molecule has 0 unspecified atom stereocenters. The fourth-order valence-corrected chi connectivity index (χ4v) is 2.22. The van der Waals surface area contributed by atoms with Crippen molar-refractivity contribution in [3.63, 3.8) is 0 Å². The Kier molecular flexibility index (Phi) is 7.59. The Hall–Kier alpha value is -4.02. The van der Waals surface area contributed by atoms with Gasteiger partial charge in [-0.05, 0) is 24.8 Å². The highest BCUT2D eigenvalue weighted by atomic mass is 16.4. The SMILES string of the molecule is C=C/C(=C\C=C\NCc1cnc2nc(N)[nH]c(=O)c2n1)C(=O)NCCCC(=O)O. The van der Waals surface area contributed by atoms with Crippen molar-refractivity contribution in [1.29, 1.82) is 0 Å². The second-order valence-corrected chi connectivity index (χ2v) is 5.80. The van der Waals surface area contributed by atoms with E-state index in [9.17, 15) is 14.4 Å². The average molecular weight is 399 g/mol. The van der Waals surface area contributed by atoms with Gasteiger partial charge < -0.3 is 21.5 Å². The zero-order chi connectivity index (χ0) is 21.2. The zero-order valence-corrected chi connectivity index (χ0v) is 15.5. The Morgan fingerprint density at radius 1 is 1.34 bits per heavy atom. The molecule has 0 fully saturated rings. The van der Waals surface area contributed by atoms with E-state index < -0.39 is 11.5 Å². The summed E-state index contributed by atoms with van der Waals surface area (Å²) in [5.41, 5.74) is 6.10. The van der Waals surface area contributed by atoms with Gasteiger partial charge in [0.25, 0.3) is 11.5 Å². The first-order chi connectivity index (χ1) is 13.9. The Labute approximate surface area is 165 Å². The molecule has 0 aromatic carbocycles. The third-order valence-electron chi connectivity index (χ3n) is 3.59. The first kappa shape index (κ1) is 21.3. The van der Waals surface area contributed by atoms with Crippen LogP contribution in [0.5, 0.6) is 0 Å². The predicted molar refractivity (Wildman–Crippen MR) is 107 cm³/mol. The number of fused-ring (bicyclic) bond motifs is 1. The average Bonchev–Trinajstić information content (AvgIpc) is 2.68. The largest absolute Gasteiger partial charge is 0.481 e. The molecule has 0 aliphatic carbocycles. The monoisotopic (exact) mass is 399 g/mol. The summed E-state index contributed by atoms with van der Waals surface area (Å²) in [5.74, 6) is -1.28. The minimum Gasteiger partial charge on any atom is -0.481 e. The van der Waals surface area contributed by atoms with Gasteiger partial charge in [0, 0.05) is 18.5 Å². The molecule has 6 N–H and O–H groups in total. The summed E-state index contributed by atoms with van der Waals surface area (Å²) in [6, 6.07) is 0. The predicted octanol–water partition coefficient (Wildman–Crippen LogP) is -0.00800. The molecular weight excluding hydrogens is 378 g/mol. The van der Waals surface area contributed by atoms with Crippen LogP contribution in [-0.2, 0) is 16.1 Å². The van der Waals surface area contributed by atoms with Crippen LogP contribution in [0.1, 0.15) is 18.5 Å². The third kappa shape index (κ3) is 6.57. The number of carboxylic acid groups (broad SMARTS) is 1. The molecule has 0 saturated heterocycles. The Morgan fingerprint density at radius 3 is 2.86 bits per heavy atom. The first-order valence-electron chi connectivity index (χ1n) is 8.64. The lowest BCUT2D eigenvalue weighted by atomic mass is 10.2. The molecule has 1 amide bonds. The summed E-state index contributed by atoms with van der Waals surface area (Å²) in [6.45, 7) is 4.14. The third-order valence-corrected chi connectivity index (χ3v) is 3.59. The fraction of sp³-hybridized carbons (Fsp3) is 0.222. The quantitative estimate of drug-likeness (QED) is 0.209. The molecule has 0 radical (unpaired) electrons. The Balaban J connectivity index is 1.89. The molecular formula is C18H21N7O4. The molecule has 29 heavy (non-hydrogen) atoms. The molecule has 2 heterocycles. The maximum atomic E-state index is 12.0.